The molecule has 2 atom stereocenters. The SMILES string of the molecule is CC1CC(C(=O)O)CN(C(=O)NCc2ncnn2C(C)(C)C)C1. The second kappa shape index (κ2) is 6.55. The summed E-state index contributed by atoms with van der Waals surface area (Å²) in [4.78, 5) is 29.3. The van der Waals surface area contributed by atoms with E-state index in [1.807, 2.05) is 27.7 Å². The molecule has 0 radical (unpaired) electrons. The van der Waals surface area contributed by atoms with Crippen LogP contribution in [-0.4, -0.2) is 49.9 Å². The van der Waals surface area contributed by atoms with Crippen LogP contribution in [0.4, 0.5) is 4.79 Å². The summed E-state index contributed by atoms with van der Waals surface area (Å²) in [5.41, 5.74) is -0.218. The number of aromatic nitrogens is 3. The molecule has 1 aliphatic rings. The molecule has 2 rings (SSSR count). The third kappa shape index (κ3) is 4.20. The monoisotopic (exact) mass is 323 g/mol. The molecule has 128 valence electrons. The number of hydrogen-bond donors (Lipinski definition) is 2. The smallest absolute Gasteiger partial charge is 0.317 e. The zero-order valence-corrected chi connectivity index (χ0v) is 14.1. The fourth-order valence-corrected chi connectivity index (χ4v) is 2.91. The van der Waals surface area contributed by atoms with Gasteiger partial charge < -0.3 is 15.3 Å². The van der Waals surface area contributed by atoms with Gasteiger partial charge in [0, 0.05) is 13.1 Å². The lowest BCUT2D eigenvalue weighted by atomic mass is 9.91. The minimum absolute atomic E-state index is 0.175. The van der Waals surface area contributed by atoms with Crippen LogP contribution in [0.25, 0.3) is 0 Å². The highest BCUT2D eigenvalue weighted by molar-refractivity contribution is 5.76. The van der Waals surface area contributed by atoms with Gasteiger partial charge in [0.15, 0.2) is 0 Å². The molecule has 0 aromatic carbocycles. The van der Waals surface area contributed by atoms with Gasteiger partial charge in [-0.15, -0.1) is 0 Å². The van der Waals surface area contributed by atoms with Crippen molar-refractivity contribution >= 4 is 12.0 Å². The van der Waals surface area contributed by atoms with Gasteiger partial charge in [-0.05, 0) is 33.1 Å². The molecule has 1 fully saturated rings. The molecule has 0 saturated carbocycles. The summed E-state index contributed by atoms with van der Waals surface area (Å²) in [6, 6.07) is -0.258. The Morgan fingerprint density at radius 1 is 1.39 bits per heavy atom. The van der Waals surface area contributed by atoms with Crippen LogP contribution in [0.2, 0.25) is 0 Å². The summed E-state index contributed by atoms with van der Waals surface area (Å²) in [7, 11) is 0. The molecule has 8 heteroatoms. The van der Waals surface area contributed by atoms with Crippen molar-refractivity contribution in [3.8, 4) is 0 Å². The molecule has 1 aromatic heterocycles. The van der Waals surface area contributed by atoms with Crippen LogP contribution in [0, 0.1) is 11.8 Å². The first-order valence-electron chi connectivity index (χ1n) is 7.83. The number of nitrogens with zero attached hydrogens (tertiary/aromatic N) is 4. The number of piperidine rings is 1. The Labute approximate surface area is 135 Å². The minimum atomic E-state index is -0.846. The Morgan fingerprint density at radius 2 is 2.09 bits per heavy atom. The second-order valence-corrected chi connectivity index (χ2v) is 7.20. The average Bonchev–Trinajstić information content (AvgIpc) is 2.92. The van der Waals surface area contributed by atoms with E-state index in [0.29, 0.717) is 18.8 Å². The van der Waals surface area contributed by atoms with Crippen molar-refractivity contribution in [2.75, 3.05) is 13.1 Å². The Hall–Kier alpha value is -2.12. The maximum absolute atomic E-state index is 12.3. The molecular weight excluding hydrogens is 298 g/mol. The van der Waals surface area contributed by atoms with E-state index in [1.165, 1.54) is 6.33 Å². The van der Waals surface area contributed by atoms with Crippen LogP contribution >= 0.6 is 0 Å². The van der Waals surface area contributed by atoms with Gasteiger partial charge in [0.2, 0.25) is 0 Å². The fraction of sp³-hybridized carbons (Fsp3) is 0.733. The molecule has 2 N–H and O–H groups in total. The van der Waals surface area contributed by atoms with Crippen LogP contribution in [-0.2, 0) is 16.9 Å². The summed E-state index contributed by atoms with van der Waals surface area (Å²) in [6.07, 6.45) is 2.08. The average molecular weight is 323 g/mol. The summed E-state index contributed by atoms with van der Waals surface area (Å²) in [5.74, 6) is -0.496. The zero-order chi connectivity index (χ0) is 17.2. The van der Waals surface area contributed by atoms with Gasteiger partial charge in [-0.3, -0.25) is 4.79 Å². The first kappa shape index (κ1) is 17.2. The van der Waals surface area contributed by atoms with Crippen molar-refractivity contribution in [3.63, 3.8) is 0 Å². The topological polar surface area (TPSA) is 100 Å². The number of likely N-dealkylation sites (tertiary alicyclic amines) is 1. The quantitative estimate of drug-likeness (QED) is 0.873. The third-order valence-electron chi connectivity index (χ3n) is 3.95. The van der Waals surface area contributed by atoms with E-state index in [9.17, 15) is 14.7 Å². The molecule has 1 saturated heterocycles. The number of carboxylic acids is 1. The molecule has 2 unspecified atom stereocenters. The summed E-state index contributed by atoms with van der Waals surface area (Å²) in [6.45, 7) is 9.08. The van der Waals surface area contributed by atoms with Crippen LogP contribution in [0.1, 0.15) is 39.9 Å². The first-order chi connectivity index (χ1) is 10.7. The summed E-state index contributed by atoms with van der Waals surface area (Å²) in [5, 5.41) is 16.2. The van der Waals surface area contributed by atoms with Crippen LogP contribution in [0.5, 0.6) is 0 Å². The number of carbonyl (C=O) groups excluding carboxylic acids is 1. The van der Waals surface area contributed by atoms with Gasteiger partial charge >= 0.3 is 12.0 Å². The molecule has 23 heavy (non-hydrogen) atoms. The van der Waals surface area contributed by atoms with Crippen molar-refractivity contribution in [1.82, 2.24) is 25.0 Å². The predicted octanol–water partition coefficient (Wildman–Crippen LogP) is 1.29. The highest BCUT2D eigenvalue weighted by Gasteiger charge is 2.32. The van der Waals surface area contributed by atoms with Gasteiger partial charge in [0.05, 0.1) is 18.0 Å². The normalized spacial score (nSPS) is 22.0. The largest absolute Gasteiger partial charge is 0.481 e. The number of nitrogens with one attached hydrogen (secondary N) is 1. The number of carboxylic acid groups (broad SMARTS) is 1. The van der Waals surface area contributed by atoms with Crippen molar-refractivity contribution in [2.24, 2.45) is 11.8 Å². The van der Waals surface area contributed by atoms with Gasteiger partial charge in [0.25, 0.3) is 0 Å². The van der Waals surface area contributed by atoms with Crippen molar-refractivity contribution in [1.29, 1.82) is 0 Å². The number of carbonyl (C=O) groups is 2. The lowest BCUT2D eigenvalue weighted by molar-refractivity contribution is -0.143. The van der Waals surface area contributed by atoms with Gasteiger partial charge in [-0.2, -0.15) is 5.10 Å². The molecule has 2 heterocycles. The van der Waals surface area contributed by atoms with Crippen LogP contribution in [0.3, 0.4) is 0 Å². The second-order valence-electron chi connectivity index (χ2n) is 7.20. The van der Waals surface area contributed by atoms with Crippen molar-refractivity contribution in [2.45, 2.75) is 46.2 Å². The standard InChI is InChI=1S/C15H25N5O3/c1-10-5-11(13(21)22)8-19(7-10)14(23)16-6-12-17-9-18-20(12)15(2,3)4/h9-11H,5-8H2,1-4H3,(H,16,23)(H,21,22). The Morgan fingerprint density at radius 3 is 2.70 bits per heavy atom. The van der Waals surface area contributed by atoms with Gasteiger partial charge in [-0.25, -0.2) is 14.5 Å². The van der Waals surface area contributed by atoms with Crippen molar-refractivity contribution < 1.29 is 14.7 Å². The molecule has 2 amide bonds. The number of hydrogen-bond acceptors (Lipinski definition) is 4. The van der Waals surface area contributed by atoms with E-state index in [-0.39, 0.29) is 30.6 Å². The van der Waals surface area contributed by atoms with Crippen LogP contribution in [0.15, 0.2) is 6.33 Å². The molecule has 0 aliphatic carbocycles. The highest BCUT2D eigenvalue weighted by atomic mass is 16.4. The van der Waals surface area contributed by atoms with Crippen LogP contribution < -0.4 is 5.32 Å². The lowest BCUT2D eigenvalue weighted by Crippen LogP contribution is -2.49. The van der Waals surface area contributed by atoms with Gasteiger partial charge in [-0.1, -0.05) is 6.92 Å². The predicted molar refractivity (Wildman–Crippen MR) is 83.7 cm³/mol. The Kier molecular flexibility index (Phi) is 4.91. The Balaban J connectivity index is 1.97. The molecule has 0 spiro atoms. The highest BCUT2D eigenvalue weighted by Crippen LogP contribution is 2.22. The maximum Gasteiger partial charge on any atom is 0.317 e. The number of urea groups is 1. The van der Waals surface area contributed by atoms with E-state index in [4.69, 9.17) is 0 Å². The molecule has 1 aromatic rings. The molecule has 1 aliphatic heterocycles. The minimum Gasteiger partial charge on any atom is -0.481 e. The zero-order valence-electron chi connectivity index (χ0n) is 14.1. The van der Waals surface area contributed by atoms with Crippen molar-refractivity contribution in [3.05, 3.63) is 12.2 Å². The summed E-state index contributed by atoms with van der Waals surface area (Å²) >= 11 is 0. The first-order valence-corrected chi connectivity index (χ1v) is 7.83. The van der Waals surface area contributed by atoms with E-state index >= 15 is 0 Å². The molecular formula is C15H25N5O3. The van der Waals surface area contributed by atoms with E-state index in [0.717, 1.165) is 0 Å². The molecule has 8 nitrogen and oxygen atoms in total. The molecule has 0 bridgehead atoms. The summed E-state index contributed by atoms with van der Waals surface area (Å²) < 4.78 is 1.77. The Bertz CT molecular complexity index is 578. The van der Waals surface area contributed by atoms with E-state index in [2.05, 4.69) is 15.4 Å². The lowest BCUT2D eigenvalue weighted by Gasteiger charge is -2.34. The number of aliphatic carboxylic acids is 1. The van der Waals surface area contributed by atoms with E-state index in [1.54, 1.807) is 9.58 Å². The fourth-order valence-electron chi connectivity index (χ4n) is 2.91. The van der Waals surface area contributed by atoms with Gasteiger partial charge in [0.1, 0.15) is 12.2 Å². The number of amides is 2. The number of rotatable bonds is 3. The van der Waals surface area contributed by atoms with E-state index < -0.39 is 11.9 Å². The third-order valence-corrected chi connectivity index (χ3v) is 3.95. The maximum atomic E-state index is 12.3.